The molecular weight excluding hydrogens is 424 g/mol. The van der Waals surface area contributed by atoms with E-state index in [9.17, 15) is 13.2 Å². The predicted molar refractivity (Wildman–Crippen MR) is 118 cm³/mol. The number of carbonyl (C=O) groups is 1. The van der Waals surface area contributed by atoms with Gasteiger partial charge < -0.3 is 10.1 Å². The van der Waals surface area contributed by atoms with E-state index in [1.807, 2.05) is 37.3 Å². The van der Waals surface area contributed by atoms with Gasteiger partial charge in [-0.15, -0.1) is 0 Å². The van der Waals surface area contributed by atoms with E-state index in [4.69, 9.17) is 16.3 Å². The summed E-state index contributed by atoms with van der Waals surface area (Å²) in [6.45, 7) is 2.13. The highest BCUT2D eigenvalue weighted by molar-refractivity contribution is 7.92. The Hall–Kier alpha value is -3.03. The smallest absolute Gasteiger partial charge is 0.261 e. The van der Waals surface area contributed by atoms with Crippen LogP contribution in [0.15, 0.2) is 83.8 Å². The minimum absolute atomic E-state index is 0.0773. The van der Waals surface area contributed by atoms with Crippen LogP contribution in [-0.2, 0) is 10.0 Å². The lowest BCUT2D eigenvalue weighted by atomic mass is 10.2. The Morgan fingerprint density at radius 3 is 2.40 bits per heavy atom. The molecule has 0 aliphatic carbocycles. The topological polar surface area (TPSA) is 84.5 Å². The third-order valence-corrected chi connectivity index (χ3v) is 5.77. The van der Waals surface area contributed by atoms with Crippen LogP contribution in [0.2, 0.25) is 5.02 Å². The largest absolute Gasteiger partial charge is 0.491 e. The maximum atomic E-state index is 12.5. The number of halogens is 1. The van der Waals surface area contributed by atoms with Crippen LogP contribution in [0.5, 0.6) is 5.75 Å². The van der Waals surface area contributed by atoms with Gasteiger partial charge in [0, 0.05) is 16.3 Å². The van der Waals surface area contributed by atoms with Crippen LogP contribution >= 0.6 is 11.6 Å². The Morgan fingerprint density at radius 2 is 1.70 bits per heavy atom. The fourth-order valence-electron chi connectivity index (χ4n) is 2.64. The molecule has 0 spiro atoms. The van der Waals surface area contributed by atoms with Crippen LogP contribution in [0.1, 0.15) is 17.3 Å². The van der Waals surface area contributed by atoms with E-state index in [1.54, 1.807) is 18.2 Å². The van der Waals surface area contributed by atoms with Gasteiger partial charge in [-0.05, 0) is 61.5 Å². The molecule has 2 N–H and O–H groups in total. The molecule has 0 radical (unpaired) electrons. The number of nitrogens with one attached hydrogen (secondary N) is 2. The van der Waals surface area contributed by atoms with Gasteiger partial charge in [-0.2, -0.15) is 0 Å². The monoisotopic (exact) mass is 444 g/mol. The Labute approximate surface area is 180 Å². The number of ether oxygens (including phenoxy) is 1. The molecule has 3 aromatic rings. The van der Waals surface area contributed by atoms with Gasteiger partial charge in [0.2, 0.25) is 0 Å². The van der Waals surface area contributed by atoms with Crippen molar-refractivity contribution in [1.82, 2.24) is 5.32 Å². The minimum atomic E-state index is -3.80. The maximum absolute atomic E-state index is 12.5. The molecule has 1 atom stereocenters. The second kappa shape index (κ2) is 9.65. The van der Waals surface area contributed by atoms with Gasteiger partial charge in [-0.25, -0.2) is 8.42 Å². The molecule has 1 amide bonds. The van der Waals surface area contributed by atoms with Crippen molar-refractivity contribution in [2.45, 2.75) is 17.9 Å². The average molecular weight is 445 g/mol. The second-order valence-corrected chi connectivity index (χ2v) is 8.76. The number of sulfonamides is 1. The fourth-order valence-corrected chi connectivity index (χ4v) is 3.81. The summed E-state index contributed by atoms with van der Waals surface area (Å²) in [7, 11) is -3.80. The lowest BCUT2D eigenvalue weighted by Gasteiger charge is -2.15. The van der Waals surface area contributed by atoms with Crippen molar-refractivity contribution < 1.29 is 17.9 Å². The molecule has 0 aromatic heterocycles. The number of benzene rings is 3. The van der Waals surface area contributed by atoms with E-state index >= 15 is 0 Å². The van der Waals surface area contributed by atoms with Crippen LogP contribution < -0.4 is 14.8 Å². The zero-order valence-corrected chi connectivity index (χ0v) is 17.8. The standard InChI is InChI=1S/C22H21ClN2O4S/c1-16(15-29-20-8-3-2-4-9-20)24-22(26)17-6-5-7-19(14-17)25-30(27,28)21-12-10-18(23)11-13-21/h2-14,16,25H,15H2,1H3,(H,24,26)/t16-/m1/s1. The normalized spacial score (nSPS) is 12.1. The van der Waals surface area contributed by atoms with Crippen molar-refractivity contribution in [1.29, 1.82) is 0 Å². The summed E-state index contributed by atoms with van der Waals surface area (Å²) in [6.07, 6.45) is 0. The van der Waals surface area contributed by atoms with Crippen LogP contribution in [0.25, 0.3) is 0 Å². The first-order chi connectivity index (χ1) is 14.3. The number of para-hydroxylation sites is 1. The molecule has 6 nitrogen and oxygen atoms in total. The molecule has 0 aliphatic rings. The summed E-state index contributed by atoms with van der Waals surface area (Å²) < 4.78 is 33.2. The quantitative estimate of drug-likeness (QED) is 0.541. The third kappa shape index (κ3) is 5.98. The van der Waals surface area contributed by atoms with Crippen molar-refractivity contribution >= 4 is 33.2 Å². The van der Waals surface area contributed by atoms with Gasteiger partial charge in [-0.1, -0.05) is 35.9 Å². The molecule has 0 heterocycles. The Kier molecular flexibility index (Phi) is 6.97. The van der Waals surface area contributed by atoms with Gasteiger partial charge in [0.25, 0.3) is 15.9 Å². The van der Waals surface area contributed by atoms with E-state index in [-0.39, 0.29) is 22.5 Å². The fraction of sp³-hybridized carbons (Fsp3) is 0.136. The molecule has 0 aliphatic heterocycles. The van der Waals surface area contributed by atoms with Crippen molar-refractivity contribution in [3.8, 4) is 5.75 Å². The van der Waals surface area contributed by atoms with Gasteiger partial charge in [0.05, 0.1) is 10.9 Å². The highest BCUT2D eigenvalue weighted by Gasteiger charge is 2.16. The highest BCUT2D eigenvalue weighted by Crippen LogP contribution is 2.19. The summed E-state index contributed by atoms with van der Waals surface area (Å²) in [5.41, 5.74) is 0.614. The van der Waals surface area contributed by atoms with E-state index in [0.29, 0.717) is 17.2 Å². The lowest BCUT2D eigenvalue weighted by Crippen LogP contribution is -2.36. The Bertz CT molecular complexity index is 1100. The molecule has 156 valence electrons. The van der Waals surface area contributed by atoms with Gasteiger partial charge >= 0.3 is 0 Å². The van der Waals surface area contributed by atoms with E-state index in [1.165, 1.54) is 30.3 Å². The number of carbonyl (C=O) groups excluding carboxylic acids is 1. The minimum Gasteiger partial charge on any atom is -0.491 e. The van der Waals surface area contributed by atoms with E-state index in [2.05, 4.69) is 10.0 Å². The first-order valence-electron chi connectivity index (χ1n) is 9.21. The lowest BCUT2D eigenvalue weighted by molar-refractivity contribution is 0.0926. The number of hydrogen-bond acceptors (Lipinski definition) is 4. The Morgan fingerprint density at radius 1 is 1.00 bits per heavy atom. The van der Waals surface area contributed by atoms with Crippen molar-refractivity contribution in [3.05, 3.63) is 89.4 Å². The van der Waals surface area contributed by atoms with Crippen LogP contribution in [0.3, 0.4) is 0 Å². The third-order valence-electron chi connectivity index (χ3n) is 4.12. The summed E-state index contributed by atoms with van der Waals surface area (Å²) in [5.74, 6) is 0.393. The Balaban J connectivity index is 1.62. The summed E-state index contributed by atoms with van der Waals surface area (Å²) in [6, 6.07) is 21.2. The van der Waals surface area contributed by atoms with Crippen LogP contribution in [0.4, 0.5) is 5.69 Å². The molecule has 3 aromatic carbocycles. The zero-order valence-electron chi connectivity index (χ0n) is 16.2. The van der Waals surface area contributed by atoms with E-state index < -0.39 is 10.0 Å². The first kappa shape index (κ1) is 21.7. The highest BCUT2D eigenvalue weighted by atomic mass is 35.5. The van der Waals surface area contributed by atoms with E-state index in [0.717, 1.165) is 5.75 Å². The summed E-state index contributed by atoms with van der Waals surface area (Å²) in [5, 5.41) is 3.28. The molecule has 0 saturated heterocycles. The van der Waals surface area contributed by atoms with Crippen molar-refractivity contribution in [2.75, 3.05) is 11.3 Å². The van der Waals surface area contributed by atoms with Crippen molar-refractivity contribution in [2.24, 2.45) is 0 Å². The predicted octanol–water partition coefficient (Wildman–Crippen LogP) is 4.34. The summed E-state index contributed by atoms with van der Waals surface area (Å²) in [4.78, 5) is 12.6. The molecule has 0 saturated carbocycles. The van der Waals surface area contributed by atoms with Crippen molar-refractivity contribution in [3.63, 3.8) is 0 Å². The molecule has 3 rings (SSSR count). The van der Waals surface area contributed by atoms with Gasteiger partial charge in [0.1, 0.15) is 12.4 Å². The number of hydrogen-bond donors (Lipinski definition) is 2. The molecule has 0 fully saturated rings. The molecule has 8 heteroatoms. The molecule has 0 bridgehead atoms. The number of anilines is 1. The SMILES string of the molecule is C[C@H](COc1ccccc1)NC(=O)c1cccc(NS(=O)(=O)c2ccc(Cl)cc2)c1. The first-order valence-corrected chi connectivity index (χ1v) is 11.1. The summed E-state index contributed by atoms with van der Waals surface area (Å²) >= 11 is 5.81. The zero-order chi connectivity index (χ0) is 21.6. The average Bonchev–Trinajstić information content (AvgIpc) is 2.73. The second-order valence-electron chi connectivity index (χ2n) is 6.64. The molecule has 0 unspecified atom stereocenters. The maximum Gasteiger partial charge on any atom is 0.261 e. The van der Waals surface area contributed by atoms with Gasteiger partial charge in [-0.3, -0.25) is 9.52 Å². The van der Waals surface area contributed by atoms with Crippen LogP contribution in [-0.4, -0.2) is 27.0 Å². The number of rotatable bonds is 8. The molecule has 30 heavy (non-hydrogen) atoms. The number of amides is 1. The van der Waals surface area contributed by atoms with Crippen LogP contribution in [0, 0.1) is 0 Å². The van der Waals surface area contributed by atoms with Gasteiger partial charge in [0.15, 0.2) is 0 Å². The molecular formula is C22H21ClN2O4S.